The molecule has 3 heteroatoms. The third-order valence-corrected chi connectivity index (χ3v) is 4.72. The number of nitrogens with zero attached hydrogens (tertiary/aromatic N) is 1. The van der Waals surface area contributed by atoms with E-state index >= 15 is 0 Å². The maximum absolute atomic E-state index is 5.98. The average molecular weight is 216 g/mol. The molecule has 0 bridgehead atoms. The van der Waals surface area contributed by atoms with E-state index in [-0.39, 0.29) is 11.1 Å². The van der Waals surface area contributed by atoms with Crippen molar-refractivity contribution < 1.29 is 0 Å². The van der Waals surface area contributed by atoms with Crippen molar-refractivity contribution in [3.8, 4) is 0 Å². The third-order valence-electron chi connectivity index (χ3n) is 3.40. The molecule has 1 unspecified atom stereocenters. The van der Waals surface area contributed by atoms with Gasteiger partial charge in [-0.3, -0.25) is 4.90 Å². The van der Waals surface area contributed by atoms with E-state index in [4.69, 9.17) is 5.73 Å². The van der Waals surface area contributed by atoms with Crippen LogP contribution in [0.15, 0.2) is 0 Å². The van der Waals surface area contributed by atoms with Gasteiger partial charge in [0.15, 0.2) is 0 Å². The fourth-order valence-electron chi connectivity index (χ4n) is 2.11. The second-order valence-electron chi connectivity index (χ2n) is 5.31. The Morgan fingerprint density at radius 1 is 1.43 bits per heavy atom. The van der Waals surface area contributed by atoms with Crippen molar-refractivity contribution in [1.82, 2.24) is 4.90 Å². The predicted molar refractivity (Wildman–Crippen MR) is 65.9 cm³/mol. The lowest BCUT2D eigenvalue weighted by Gasteiger charge is -2.50. The Kier molecular flexibility index (Phi) is 3.89. The number of thioether (sulfide) groups is 1. The second-order valence-corrected chi connectivity index (χ2v) is 6.42. The number of nitrogens with two attached hydrogens (primary N) is 1. The lowest BCUT2D eigenvalue weighted by atomic mass is 9.89. The lowest BCUT2D eigenvalue weighted by Crippen LogP contribution is -2.61. The van der Waals surface area contributed by atoms with Crippen molar-refractivity contribution in [3.63, 3.8) is 0 Å². The predicted octanol–water partition coefficient (Wildman–Crippen LogP) is 1.94. The molecule has 84 valence electrons. The minimum Gasteiger partial charge on any atom is -0.329 e. The molecule has 1 aliphatic heterocycles. The smallest absolute Gasteiger partial charge is 0.0424 e. The fourth-order valence-corrected chi connectivity index (χ4v) is 3.44. The van der Waals surface area contributed by atoms with Gasteiger partial charge in [-0.15, -0.1) is 0 Å². The van der Waals surface area contributed by atoms with Gasteiger partial charge in [0.25, 0.3) is 0 Å². The van der Waals surface area contributed by atoms with Gasteiger partial charge >= 0.3 is 0 Å². The highest BCUT2D eigenvalue weighted by Crippen LogP contribution is 2.34. The highest BCUT2D eigenvalue weighted by atomic mass is 32.2. The lowest BCUT2D eigenvalue weighted by molar-refractivity contribution is 0.0446. The van der Waals surface area contributed by atoms with E-state index in [1.807, 2.05) is 11.8 Å². The van der Waals surface area contributed by atoms with Gasteiger partial charge < -0.3 is 5.73 Å². The highest BCUT2D eigenvalue weighted by Gasteiger charge is 2.39. The monoisotopic (exact) mass is 216 g/mol. The summed E-state index contributed by atoms with van der Waals surface area (Å²) in [6.45, 7) is 7.59. The van der Waals surface area contributed by atoms with Crippen molar-refractivity contribution in [3.05, 3.63) is 0 Å². The second kappa shape index (κ2) is 4.42. The Morgan fingerprint density at radius 2 is 2.07 bits per heavy atom. The molecule has 0 saturated carbocycles. The van der Waals surface area contributed by atoms with Crippen LogP contribution in [0, 0.1) is 0 Å². The first-order valence-electron chi connectivity index (χ1n) is 5.44. The number of hydrogen-bond donors (Lipinski definition) is 1. The quantitative estimate of drug-likeness (QED) is 0.765. The van der Waals surface area contributed by atoms with E-state index in [0.29, 0.717) is 0 Å². The van der Waals surface area contributed by atoms with E-state index in [0.717, 1.165) is 6.54 Å². The molecule has 1 atom stereocenters. The summed E-state index contributed by atoms with van der Waals surface area (Å²) in [7, 11) is 2.22. The van der Waals surface area contributed by atoms with Crippen LogP contribution >= 0.6 is 11.8 Å². The van der Waals surface area contributed by atoms with Crippen LogP contribution in [-0.2, 0) is 0 Å². The van der Waals surface area contributed by atoms with Crippen LogP contribution in [0.5, 0.6) is 0 Å². The Labute approximate surface area is 92.6 Å². The van der Waals surface area contributed by atoms with E-state index in [1.165, 1.54) is 24.3 Å². The number of hydrogen-bond acceptors (Lipinski definition) is 3. The molecule has 1 fully saturated rings. The van der Waals surface area contributed by atoms with Crippen LogP contribution in [0.3, 0.4) is 0 Å². The molecule has 2 N–H and O–H groups in total. The number of rotatable bonds is 2. The summed E-state index contributed by atoms with van der Waals surface area (Å²) >= 11 is 2.05. The maximum Gasteiger partial charge on any atom is 0.0424 e. The summed E-state index contributed by atoms with van der Waals surface area (Å²) < 4.78 is 0. The maximum atomic E-state index is 5.98. The molecule has 1 aliphatic rings. The van der Waals surface area contributed by atoms with E-state index in [1.54, 1.807) is 0 Å². The van der Waals surface area contributed by atoms with Gasteiger partial charge in [0.1, 0.15) is 0 Å². The summed E-state index contributed by atoms with van der Waals surface area (Å²) in [6.07, 6.45) is 2.56. The SMILES string of the molecule is CN(C(C)(C)C)C1(CN)CCCSC1. The minimum atomic E-state index is 0.220. The Balaban J connectivity index is 2.77. The van der Waals surface area contributed by atoms with Crippen molar-refractivity contribution >= 4 is 11.8 Å². The van der Waals surface area contributed by atoms with E-state index in [2.05, 4.69) is 32.7 Å². The zero-order chi connectivity index (χ0) is 10.8. The third kappa shape index (κ3) is 2.44. The summed E-state index contributed by atoms with van der Waals surface area (Å²) in [6, 6.07) is 0. The molecule has 1 saturated heterocycles. The zero-order valence-electron chi connectivity index (χ0n) is 9.97. The zero-order valence-corrected chi connectivity index (χ0v) is 10.8. The highest BCUT2D eigenvalue weighted by molar-refractivity contribution is 7.99. The molecular formula is C11H24N2S. The molecule has 1 heterocycles. The largest absolute Gasteiger partial charge is 0.329 e. The van der Waals surface area contributed by atoms with Crippen molar-refractivity contribution in [2.75, 3.05) is 25.1 Å². The van der Waals surface area contributed by atoms with Crippen LogP contribution in [0.4, 0.5) is 0 Å². The molecule has 0 amide bonds. The van der Waals surface area contributed by atoms with Gasteiger partial charge in [-0.1, -0.05) is 0 Å². The van der Waals surface area contributed by atoms with Crippen LogP contribution in [0.25, 0.3) is 0 Å². The van der Waals surface area contributed by atoms with E-state index < -0.39 is 0 Å². The fraction of sp³-hybridized carbons (Fsp3) is 1.00. The van der Waals surface area contributed by atoms with Crippen LogP contribution < -0.4 is 5.73 Å². The first kappa shape index (κ1) is 12.3. The Bertz CT molecular complexity index is 180. The van der Waals surface area contributed by atoms with Gasteiger partial charge in [0.2, 0.25) is 0 Å². The molecule has 0 aromatic carbocycles. The Morgan fingerprint density at radius 3 is 2.43 bits per heavy atom. The molecule has 2 nitrogen and oxygen atoms in total. The molecular weight excluding hydrogens is 192 g/mol. The summed E-state index contributed by atoms with van der Waals surface area (Å²) in [4.78, 5) is 2.48. The van der Waals surface area contributed by atoms with Crippen LogP contribution in [0.1, 0.15) is 33.6 Å². The normalized spacial score (nSPS) is 29.6. The number of likely N-dealkylation sites (N-methyl/N-ethyl adjacent to an activating group) is 1. The standard InChI is InChI=1S/C11H24N2S/c1-10(2,3)13(4)11(8-12)6-5-7-14-9-11/h5-9,12H2,1-4H3. The molecule has 0 radical (unpaired) electrons. The average Bonchev–Trinajstić information content (AvgIpc) is 2.16. The van der Waals surface area contributed by atoms with Gasteiger partial charge in [0, 0.05) is 23.4 Å². The molecule has 1 rings (SSSR count). The van der Waals surface area contributed by atoms with Gasteiger partial charge in [0.05, 0.1) is 0 Å². The molecule has 0 aromatic rings. The van der Waals surface area contributed by atoms with E-state index in [9.17, 15) is 0 Å². The molecule has 0 aliphatic carbocycles. The first-order valence-corrected chi connectivity index (χ1v) is 6.60. The van der Waals surface area contributed by atoms with Crippen LogP contribution in [0.2, 0.25) is 0 Å². The topological polar surface area (TPSA) is 29.3 Å². The first-order chi connectivity index (χ1) is 6.42. The van der Waals surface area contributed by atoms with Crippen LogP contribution in [-0.4, -0.2) is 41.1 Å². The molecule has 0 aromatic heterocycles. The summed E-state index contributed by atoms with van der Waals surface area (Å²) in [5.41, 5.74) is 6.44. The van der Waals surface area contributed by atoms with Crippen molar-refractivity contribution in [2.45, 2.75) is 44.7 Å². The minimum absolute atomic E-state index is 0.220. The van der Waals surface area contributed by atoms with Crippen molar-refractivity contribution in [2.24, 2.45) is 5.73 Å². The van der Waals surface area contributed by atoms with Crippen molar-refractivity contribution in [1.29, 1.82) is 0 Å². The summed E-state index contributed by atoms with van der Waals surface area (Å²) in [5.74, 6) is 2.50. The van der Waals surface area contributed by atoms with Gasteiger partial charge in [-0.05, 0) is 46.4 Å². The Hall–Kier alpha value is 0.270. The summed E-state index contributed by atoms with van der Waals surface area (Å²) in [5, 5.41) is 0. The molecule has 14 heavy (non-hydrogen) atoms. The molecule has 0 spiro atoms. The van der Waals surface area contributed by atoms with Gasteiger partial charge in [-0.25, -0.2) is 0 Å². The van der Waals surface area contributed by atoms with Gasteiger partial charge in [-0.2, -0.15) is 11.8 Å².